The van der Waals surface area contributed by atoms with Crippen molar-refractivity contribution in [1.82, 2.24) is 5.32 Å². The molecular weight excluding hydrogens is 258 g/mol. The first-order valence-corrected chi connectivity index (χ1v) is 5.58. The van der Waals surface area contributed by atoms with E-state index in [0.29, 0.717) is 25.0 Å². The Morgan fingerprint density at radius 1 is 1.26 bits per heavy atom. The van der Waals surface area contributed by atoms with E-state index in [0.717, 1.165) is 0 Å². The van der Waals surface area contributed by atoms with Crippen LogP contribution in [0.5, 0.6) is 0 Å². The van der Waals surface area contributed by atoms with Gasteiger partial charge in [0.15, 0.2) is 11.6 Å². The molecule has 7 heteroatoms. The Balaban J connectivity index is 2.29. The first kappa shape index (κ1) is 13.1. The highest BCUT2D eigenvalue weighted by Crippen LogP contribution is 2.23. The Hall–Kier alpha value is -2.31. The first-order chi connectivity index (χ1) is 8.99. The molecule has 0 saturated carbocycles. The molecule has 0 spiro atoms. The van der Waals surface area contributed by atoms with Gasteiger partial charge in [0.1, 0.15) is 5.56 Å². The Bertz CT molecular complexity index is 564. The number of hydrogen-bond acceptors (Lipinski definition) is 3. The molecule has 1 aromatic rings. The normalized spacial score (nSPS) is 14.6. The van der Waals surface area contributed by atoms with E-state index in [1.54, 1.807) is 0 Å². The van der Waals surface area contributed by atoms with Gasteiger partial charge in [0.25, 0.3) is 11.6 Å². The molecule has 0 aliphatic heterocycles. The summed E-state index contributed by atoms with van der Waals surface area (Å²) in [4.78, 5) is 21.7. The summed E-state index contributed by atoms with van der Waals surface area (Å²) in [5, 5.41) is 13.3. The van der Waals surface area contributed by atoms with Gasteiger partial charge in [0.2, 0.25) is 0 Å². The minimum Gasteiger partial charge on any atom is -0.348 e. The molecule has 0 bridgehead atoms. The van der Waals surface area contributed by atoms with E-state index in [1.807, 2.05) is 12.2 Å². The van der Waals surface area contributed by atoms with Crippen molar-refractivity contribution in [2.24, 2.45) is 0 Å². The molecule has 0 radical (unpaired) electrons. The average Bonchev–Trinajstić information content (AvgIpc) is 2.84. The van der Waals surface area contributed by atoms with E-state index < -0.39 is 33.7 Å². The zero-order chi connectivity index (χ0) is 14.0. The summed E-state index contributed by atoms with van der Waals surface area (Å²) < 4.78 is 26.1. The smallest absolute Gasteiger partial charge is 0.285 e. The van der Waals surface area contributed by atoms with Gasteiger partial charge in [-0.1, -0.05) is 12.2 Å². The zero-order valence-corrected chi connectivity index (χ0v) is 9.73. The molecule has 0 fully saturated rings. The van der Waals surface area contributed by atoms with Gasteiger partial charge < -0.3 is 5.32 Å². The van der Waals surface area contributed by atoms with Crippen molar-refractivity contribution in [1.29, 1.82) is 0 Å². The standard InChI is InChI=1S/C12H10F2N2O3/c13-9-5-8(11(16(18)19)6-10(9)14)12(17)15-7-3-1-2-4-7/h1-2,5-7H,3-4H2,(H,15,17). The van der Waals surface area contributed by atoms with E-state index in [2.05, 4.69) is 5.32 Å². The number of halogens is 2. The highest BCUT2D eigenvalue weighted by molar-refractivity contribution is 5.98. The number of carbonyl (C=O) groups is 1. The number of nitro groups is 1. The van der Waals surface area contributed by atoms with Crippen molar-refractivity contribution in [3.63, 3.8) is 0 Å². The van der Waals surface area contributed by atoms with E-state index in [9.17, 15) is 23.7 Å². The highest BCUT2D eigenvalue weighted by atomic mass is 19.2. The molecule has 1 aliphatic carbocycles. The van der Waals surface area contributed by atoms with E-state index in [4.69, 9.17) is 0 Å². The Kier molecular flexibility index (Phi) is 3.55. The van der Waals surface area contributed by atoms with Gasteiger partial charge in [-0.2, -0.15) is 0 Å². The minimum atomic E-state index is -1.36. The first-order valence-electron chi connectivity index (χ1n) is 5.58. The SMILES string of the molecule is O=C(NC1CC=CC1)c1cc(F)c(F)cc1[N+](=O)[O-]. The molecule has 19 heavy (non-hydrogen) atoms. The van der Waals surface area contributed by atoms with Crippen molar-refractivity contribution in [3.8, 4) is 0 Å². The van der Waals surface area contributed by atoms with Gasteiger partial charge in [0.05, 0.1) is 11.0 Å². The molecule has 1 aromatic carbocycles. The third-order valence-corrected chi connectivity index (χ3v) is 2.82. The lowest BCUT2D eigenvalue weighted by molar-refractivity contribution is -0.385. The second kappa shape index (κ2) is 5.13. The number of benzene rings is 1. The Labute approximate surface area is 107 Å². The fourth-order valence-corrected chi connectivity index (χ4v) is 1.87. The lowest BCUT2D eigenvalue weighted by atomic mass is 10.1. The van der Waals surface area contributed by atoms with Crippen molar-refractivity contribution in [3.05, 3.63) is 51.6 Å². The highest BCUT2D eigenvalue weighted by Gasteiger charge is 2.25. The molecule has 1 aliphatic rings. The average molecular weight is 268 g/mol. The molecule has 0 atom stereocenters. The summed E-state index contributed by atoms with van der Waals surface area (Å²) in [6.45, 7) is 0. The molecule has 2 rings (SSSR count). The third kappa shape index (κ3) is 2.75. The van der Waals surface area contributed by atoms with Gasteiger partial charge in [-0.25, -0.2) is 8.78 Å². The number of nitro benzene ring substituents is 1. The second-order valence-corrected chi connectivity index (χ2v) is 4.15. The second-order valence-electron chi connectivity index (χ2n) is 4.15. The van der Waals surface area contributed by atoms with Crippen LogP contribution in [0, 0.1) is 21.7 Å². The maximum absolute atomic E-state index is 13.1. The predicted molar refractivity (Wildman–Crippen MR) is 62.6 cm³/mol. The fraction of sp³-hybridized carbons (Fsp3) is 0.250. The summed E-state index contributed by atoms with van der Waals surface area (Å²) >= 11 is 0. The van der Waals surface area contributed by atoms with Crippen LogP contribution < -0.4 is 5.32 Å². The maximum Gasteiger partial charge on any atom is 0.285 e. The maximum atomic E-state index is 13.1. The summed E-state index contributed by atoms with van der Waals surface area (Å²) in [6, 6.07) is 0.794. The number of carbonyl (C=O) groups excluding carboxylic acids is 1. The van der Waals surface area contributed by atoms with E-state index in [-0.39, 0.29) is 6.04 Å². The predicted octanol–water partition coefficient (Wildman–Crippen LogP) is 2.32. The monoisotopic (exact) mass is 268 g/mol. The summed E-state index contributed by atoms with van der Waals surface area (Å²) in [7, 11) is 0. The number of hydrogen-bond donors (Lipinski definition) is 1. The number of rotatable bonds is 3. The van der Waals surface area contributed by atoms with Gasteiger partial charge in [-0.3, -0.25) is 14.9 Å². The topological polar surface area (TPSA) is 72.2 Å². The van der Waals surface area contributed by atoms with Crippen LogP contribution in [-0.4, -0.2) is 16.9 Å². The van der Waals surface area contributed by atoms with Crippen LogP contribution in [0.1, 0.15) is 23.2 Å². The van der Waals surface area contributed by atoms with Crippen LogP contribution >= 0.6 is 0 Å². The lowest BCUT2D eigenvalue weighted by Gasteiger charge is -2.12. The summed E-state index contributed by atoms with van der Waals surface area (Å²) in [6.07, 6.45) is 4.96. The molecule has 0 aromatic heterocycles. The molecule has 1 amide bonds. The van der Waals surface area contributed by atoms with Crippen molar-refractivity contribution >= 4 is 11.6 Å². The number of amides is 1. The van der Waals surface area contributed by atoms with Gasteiger partial charge in [-0.05, 0) is 18.9 Å². The largest absolute Gasteiger partial charge is 0.348 e. The van der Waals surface area contributed by atoms with Crippen LogP contribution in [0.2, 0.25) is 0 Å². The van der Waals surface area contributed by atoms with Crippen LogP contribution in [0.15, 0.2) is 24.3 Å². The number of nitrogens with zero attached hydrogens (tertiary/aromatic N) is 1. The Morgan fingerprint density at radius 2 is 1.84 bits per heavy atom. The molecule has 1 N–H and O–H groups in total. The zero-order valence-electron chi connectivity index (χ0n) is 9.73. The molecule has 100 valence electrons. The van der Waals surface area contributed by atoms with Crippen LogP contribution in [0.3, 0.4) is 0 Å². The number of nitrogens with one attached hydrogen (secondary N) is 1. The van der Waals surface area contributed by atoms with E-state index >= 15 is 0 Å². The van der Waals surface area contributed by atoms with E-state index in [1.165, 1.54) is 0 Å². The molecular formula is C12H10F2N2O3. The lowest BCUT2D eigenvalue weighted by Crippen LogP contribution is -2.33. The van der Waals surface area contributed by atoms with Crippen molar-refractivity contribution in [2.75, 3.05) is 0 Å². The van der Waals surface area contributed by atoms with Gasteiger partial charge >= 0.3 is 0 Å². The molecule has 0 heterocycles. The van der Waals surface area contributed by atoms with Crippen LogP contribution in [0.25, 0.3) is 0 Å². The van der Waals surface area contributed by atoms with Gasteiger partial charge in [-0.15, -0.1) is 0 Å². The van der Waals surface area contributed by atoms with Crippen LogP contribution in [-0.2, 0) is 0 Å². The third-order valence-electron chi connectivity index (χ3n) is 2.82. The summed E-state index contributed by atoms with van der Waals surface area (Å²) in [5.74, 6) is -3.43. The van der Waals surface area contributed by atoms with Crippen molar-refractivity contribution < 1.29 is 18.5 Å². The Morgan fingerprint density at radius 3 is 2.42 bits per heavy atom. The summed E-state index contributed by atoms with van der Waals surface area (Å²) in [5.41, 5.74) is -1.22. The molecule has 0 saturated heterocycles. The molecule has 5 nitrogen and oxygen atoms in total. The van der Waals surface area contributed by atoms with Crippen LogP contribution in [0.4, 0.5) is 14.5 Å². The van der Waals surface area contributed by atoms with Gasteiger partial charge in [0, 0.05) is 6.04 Å². The minimum absolute atomic E-state index is 0.166. The quantitative estimate of drug-likeness (QED) is 0.519. The fourth-order valence-electron chi connectivity index (χ4n) is 1.87. The van der Waals surface area contributed by atoms with Crippen molar-refractivity contribution in [2.45, 2.75) is 18.9 Å². The molecule has 0 unspecified atom stereocenters.